The van der Waals surface area contributed by atoms with Gasteiger partial charge in [-0.1, -0.05) is 45.1 Å². The predicted octanol–water partition coefficient (Wildman–Crippen LogP) is 3.82. The van der Waals surface area contributed by atoms with Gasteiger partial charge in [-0.2, -0.15) is 5.10 Å². The van der Waals surface area contributed by atoms with E-state index in [4.69, 9.17) is 4.74 Å². The van der Waals surface area contributed by atoms with Gasteiger partial charge in [0.15, 0.2) is 6.61 Å². The van der Waals surface area contributed by atoms with Gasteiger partial charge in [0, 0.05) is 6.21 Å². The molecule has 0 fully saturated rings. The molecule has 23 heavy (non-hydrogen) atoms. The van der Waals surface area contributed by atoms with E-state index in [1.807, 2.05) is 30.5 Å². The van der Waals surface area contributed by atoms with Crippen LogP contribution in [0.3, 0.4) is 0 Å². The van der Waals surface area contributed by atoms with Crippen LogP contribution in [0.4, 0.5) is 0 Å². The van der Waals surface area contributed by atoms with Gasteiger partial charge in [0.05, 0.1) is 0 Å². The lowest BCUT2D eigenvalue weighted by molar-refractivity contribution is -0.123. The van der Waals surface area contributed by atoms with Gasteiger partial charge in [0.25, 0.3) is 5.91 Å². The third-order valence-corrected chi connectivity index (χ3v) is 3.87. The number of nitrogens with zero attached hydrogens (tertiary/aromatic N) is 1. The molecule has 2 rings (SSSR count). The lowest BCUT2D eigenvalue weighted by atomic mass is 9.87. The van der Waals surface area contributed by atoms with E-state index in [-0.39, 0.29) is 17.9 Å². The minimum atomic E-state index is -0.243. The molecule has 0 spiro atoms. The van der Waals surface area contributed by atoms with Crippen molar-refractivity contribution in [2.45, 2.75) is 45.4 Å². The second-order valence-electron chi connectivity index (χ2n) is 6.92. The third-order valence-electron chi connectivity index (χ3n) is 3.87. The number of hydrogen-bond donors (Lipinski definition) is 1. The lowest BCUT2D eigenvalue weighted by Crippen LogP contribution is -2.25. The van der Waals surface area contributed by atoms with Crippen molar-refractivity contribution in [2.75, 3.05) is 6.61 Å². The number of benzene rings is 1. The first-order chi connectivity index (χ1) is 10.9. The molecule has 0 aromatic heterocycles. The molecule has 0 aliphatic heterocycles. The van der Waals surface area contributed by atoms with E-state index in [0.717, 1.165) is 19.3 Å². The van der Waals surface area contributed by atoms with E-state index in [0.29, 0.717) is 11.7 Å². The molecule has 1 aromatic rings. The molecule has 1 unspecified atom stereocenters. The van der Waals surface area contributed by atoms with E-state index >= 15 is 0 Å². The zero-order valence-electron chi connectivity index (χ0n) is 14.2. The number of amides is 1. The summed E-state index contributed by atoms with van der Waals surface area (Å²) in [6.07, 6.45) is 9.33. The molecule has 1 aromatic carbocycles. The topological polar surface area (TPSA) is 50.7 Å². The average Bonchev–Trinajstić information content (AvgIpc) is 2.53. The first-order valence-electron chi connectivity index (χ1n) is 8.15. The molecule has 0 heterocycles. The number of ether oxygens (including phenoxy) is 1. The Morgan fingerprint density at radius 3 is 2.65 bits per heavy atom. The summed E-state index contributed by atoms with van der Waals surface area (Å²) < 4.78 is 5.48. The van der Waals surface area contributed by atoms with Gasteiger partial charge in [-0.05, 0) is 48.3 Å². The summed E-state index contributed by atoms with van der Waals surface area (Å²) in [4.78, 5) is 11.7. The van der Waals surface area contributed by atoms with Crippen LogP contribution in [-0.4, -0.2) is 18.7 Å². The van der Waals surface area contributed by atoms with E-state index in [1.165, 1.54) is 5.56 Å². The number of carbonyl (C=O) groups is 1. The maximum Gasteiger partial charge on any atom is 0.277 e. The van der Waals surface area contributed by atoms with E-state index < -0.39 is 0 Å². The Hall–Kier alpha value is -2.10. The van der Waals surface area contributed by atoms with Crippen LogP contribution >= 0.6 is 0 Å². The fourth-order valence-electron chi connectivity index (χ4n) is 2.40. The van der Waals surface area contributed by atoms with Crippen LogP contribution < -0.4 is 10.2 Å². The van der Waals surface area contributed by atoms with Crippen LogP contribution in [0, 0.1) is 5.92 Å². The van der Waals surface area contributed by atoms with Crippen molar-refractivity contribution in [1.82, 2.24) is 5.43 Å². The Morgan fingerprint density at radius 1 is 1.30 bits per heavy atom. The Kier molecular flexibility index (Phi) is 5.97. The minimum Gasteiger partial charge on any atom is -0.484 e. The standard InChI is InChI=1S/C19H26N2O2/c1-19(2,3)16-9-11-17(12-10-16)23-14-18(22)21-20-13-15-7-5-4-6-8-15/h4-5,9-13,15H,6-8,14H2,1-3H3,(H,21,22). The summed E-state index contributed by atoms with van der Waals surface area (Å²) in [5.74, 6) is 0.869. The van der Waals surface area contributed by atoms with Crippen molar-refractivity contribution < 1.29 is 9.53 Å². The van der Waals surface area contributed by atoms with Crippen molar-refractivity contribution in [3.63, 3.8) is 0 Å². The summed E-state index contributed by atoms with van der Waals surface area (Å²) in [5, 5.41) is 4.02. The van der Waals surface area contributed by atoms with E-state index in [9.17, 15) is 4.79 Å². The van der Waals surface area contributed by atoms with Gasteiger partial charge in [0.2, 0.25) is 0 Å². The maximum absolute atomic E-state index is 11.7. The van der Waals surface area contributed by atoms with Gasteiger partial charge >= 0.3 is 0 Å². The molecule has 4 heteroatoms. The minimum absolute atomic E-state index is 0.0310. The molecule has 4 nitrogen and oxygen atoms in total. The first-order valence-corrected chi connectivity index (χ1v) is 8.15. The normalized spacial score (nSPS) is 18.1. The number of hydrogen-bond acceptors (Lipinski definition) is 3. The van der Waals surface area contributed by atoms with Crippen molar-refractivity contribution >= 4 is 12.1 Å². The van der Waals surface area contributed by atoms with Gasteiger partial charge in [0.1, 0.15) is 5.75 Å². The largest absolute Gasteiger partial charge is 0.484 e. The van der Waals surface area contributed by atoms with Crippen LogP contribution in [0.5, 0.6) is 5.75 Å². The van der Waals surface area contributed by atoms with Crippen molar-refractivity contribution in [3.05, 3.63) is 42.0 Å². The monoisotopic (exact) mass is 314 g/mol. The second kappa shape index (κ2) is 7.95. The second-order valence-corrected chi connectivity index (χ2v) is 6.92. The van der Waals surface area contributed by atoms with E-state index in [2.05, 4.69) is 43.5 Å². The Labute approximate surface area is 138 Å². The number of rotatable bonds is 5. The summed E-state index contributed by atoms with van der Waals surface area (Å²) in [7, 11) is 0. The summed E-state index contributed by atoms with van der Waals surface area (Å²) in [6, 6.07) is 7.85. The molecular formula is C19H26N2O2. The summed E-state index contributed by atoms with van der Waals surface area (Å²) in [5.41, 5.74) is 3.86. The zero-order valence-corrected chi connectivity index (χ0v) is 14.2. The molecule has 1 atom stereocenters. The van der Waals surface area contributed by atoms with Crippen LogP contribution in [0.1, 0.15) is 45.6 Å². The average molecular weight is 314 g/mol. The Bertz CT molecular complexity index is 568. The highest BCUT2D eigenvalue weighted by atomic mass is 16.5. The zero-order chi connectivity index (χ0) is 16.7. The number of nitrogens with one attached hydrogen (secondary N) is 1. The SMILES string of the molecule is CC(C)(C)c1ccc(OCC(=O)NN=CC2CC=CCC2)cc1. The number of allylic oxidation sites excluding steroid dienone is 2. The van der Waals surface area contributed by atoms with Gasteiger partial charge in [-0.15, -0.1) is 0 Å². The van der Waals surface area contributed by atoms with Crippen LogP contribution in [0.2, 0.25) is 0 Å². The van der Waals surface area contributed by atoms with Crippen LogP contribution in [0.25, 0.3) is 0 Å². The molecule has 0 bridgehead atoms. The highest BCUT2D eigenvalue weighted by Crippen LogP contribution is 2.24. The van der Waals surface area contributed by atoms with Gasteiger partial charge in [-0.25, -0.2) is 5.43 Å². The highest BCUT2D eigenvalue weighted by Gasteiger charge is 2.13. The van der Waals surface area contributed by atoms with Crippen molar-refractivity contribution in [1.29, 1.82) is 0 Å². The fourth-order valence-corrected chi connectivity index (χ4v) is 2.40. The lowest BCUT2D eigenvalue weighted by Gasteiger charge is -2.19. The van der Waals surface area contributed by atoms with Gasteiger partial charge in [-0.3, -0.25) is 4.79 Å². The van der Waals surface area contributed by atoms with Gasteiger partial charge < -0.3 is 4.74 Å². The molecule has 124 valence electrons. The molecule has 1 amide bonds. The quantitative estimate of drug-likeness (QED) is 0.510. The third kappa shape index (κ3) is 5.89. The Balaban J connectivity index is 1.73. The number of carbonyl (C=O) groups excluding carboxylic acids is 1. The fraction of sp³-hybridized carbons (Fsp3) is 0.474. The summed E-state index contributed by atoms with van der Waals surface area (Å²) in [6.45, 7) is 6.46. The van der Waals surface area contributed by atoms with E-state index in [1.54, 1.807) is 0 Å². The molecule has 1 aliphatic carbocycles. The molecule has 0 saturated heterocycles. The summed E-state index contributed by atoms with van der Waals surface area (Å²) >= 11 is 0. The molecule has 1 N–H and O–H groups in total. The first kappa shape index (κ1) is 17.3. The highest BCUT2D eigenvalue weighted by molar-refractivity contribution is 5.78. The van der Waals surface area contributed by atoms with Crippen LogP contribution in [-0.2, 0) is 10.2 Å². The maximum atomic E-state index is 11.7. The predicted molar refractivity (Wildman–Crippen MR) is 93.8 cm³/mol. The molecule has 1 aliphatic rings. The Morgan fingerprint density at radius 2 is 2.04 bits per heavy atom. The molecule has 0 saturated carbocycles. The molecule has 0 radical (unpaired) electrons. The van der Waals surface area contributed by atoms with Crippen LogP contribution in [0.15, 0.2) is 41.5 Å². The smallest absolute Gasteiger partial charge is 0.277 e. The number of hydrazone groups is 1. The van der Waals surface area contributed by atoms with Crippen molar-refractivity contribution in [3.8, 4) is 5.75 Å². The molecular weight excluding hydrogens is 288 g/mol. The van der Waals surface area contributed by atoms with Crippen molar-refractivity contribution in [2.24, 2.45) is 11.0 Å².